The lowest BCUT2D eigenvalue weighted by molar-refractivity contribution is 0.181. The van der Waals surface area contributed by atoms with Crippen molar-refractivity contribution in [2.45, 2.75) is 19.6 Å². The third-order valence-electron chi connectivity index (χ3n) is 2.71. The molecule has 84 valence electrons. The minimum Gasteiger partial charge on any atom is -0.381 e. The summed E-state index contributed by atoms with van der Waals surface area (Å²) in [6, 6.07) is 0. The molecule has 1 aromatic rings. The number of nitrogens with zero attached hydrogens (tertiary/aromatic N) is 3. The van der Waals surface area contributed by atoms with Crippen molar-refractivity contribution < 1.29 is 9.13 Å². The normalized spacial score (nSPS) is 21.1. The van der Waals surface area contributed by atoms with Crippen molar-refractivity contribution in [3.05, 3.63) is 16.3 Å². The molecule has 1 aliphatic heterocycles. The van der Waals surface area contributed by atoms with Crippen LogP contribution in [0.5, 0.6) is 0 Å². The van der Waals surface area contributed by atoms with Crippen LogP contribution in [0, 0.1) is 5.92 Å². The zero-order valence-electron chi connectivity index (χ0n) is 8.65. The average Bonchev–Trinajstić information content (AvgIpc) is 2.82. The molecule has 1 unspecified atom stereocenters. The zero-order chi connectivity index (χ0) is 10.8. The maximum absolute atomic E-state index is 12.4. The Balaban J connectivity index is 2.17. The SMILES string of the molecule is Cn1c(CF)nn(CC2CCOC2)c1=O. The molecule has 0 aromatic carbocycles. The molecule has 0 aliphatic carbocycles. The summed E-state index contributed by atoms with van der Waals surface area (Å²) in [5, 5.41) is 3.93. The molecule has 0 amide bonds. The summed E-state index contributed by atoms with van der Waals surface area (Å²) >= 11 is 0. The minimum absolute atomic E-state index is 0.180. The first-order chi connectivity index (χ1) is 7.22. The van der Waals surface area contributed by atoms with E-state index in [9.17, 15) is 9.18 Å². The maximum atomic E-state index is 12.4. The monoisotopic (exact) mass is 215 g/mol. The summed E-state index contributed by atoms with van der Waals surface area (Å²) in [4.78, 5) is 11.6. The van der Waals surface area contributed by atoms with Gasteiger partial charge in [0.05, 0.1) is 13.2 Å². The van der Waals surface area contributed by atoms with Crippen LogP contribution in [-0.2, 0) is 25.0 Å². The summed E-state index contributed by atoms with van der Waals surface area (Å²) in [7, 11) is 1.53. The van der Waals surface area contributed by atoms with Crippen molar-refractivity contribution in [2.75, 3.05) is 13.2 Å². The van der Waals surface area contributed by atoms with E-state index < -0.39 is 6.67 Å². The topological polar surface area (TPSA) is 49.0 Å². The van der Waals surface area contributed by atoms with Crippen LogP contribution in [0.4, 0.5) is 4.39 Å². The van der Waals surface area contributed by atoms with Gasteiger partial charge >= 0.3 is 5.69 Å². The molecule has 0 radical (unpaired) electrons. The predicted molar refractivity (Wildman–Crippen MR) is 51.2 cm³/mol. The van der Waals surface area contributed by atoms with Gasteiger partial charge in [0, 0.05) is 19.6 Å². The van der Waals surface area contributed by atoms with Crippen LogP contribution >= 0.6 is 0 Å². The first-order valence-corrected chi connectivity index (χ1v) is 4.98. The molecule has 0 spiro atoms. The Morgan fingerprint density at radius 1 is 1.67 bits per heavy atom. The minimum atomic E-state index is -0.708. The molecule has 6 heteroatoms. The van der Waals surface area contributed by atoms with E-state index in [0.29, 0.717) is 19.1 Å². The Kier molecular flexibility index (Phi) is 2.86. The average molecular weight is 215 g/mol. The van der Waals surface area contributed by atoms with Gasteiger partial charge in [-0.15, -0.1) is 0 Å². The summed E-state index contributed by atoms with van der Waals surface area (Å²) in [5.74, 6) is 0.504. The second kappa shape index (κ2) is 4.14. The number of rotatable bonds is 3. The van der Waals surface area contributed by atoms with Gasteiger partial charge in [0.1, 0.15) is 6.67 Å². The van der Waals surface area contributed by atoms with Gasteiger partial charge in [0.15, 0.2) is 5.82 Å². The van der Waals surface area contributed by atoms with Gasteiger partial charge in [-0.1, -0.05) is 0 Å². The number of halogens is 1. The predicted octanol–water partition coefficient (Wildman–Crippen LogP) is 0.0878. The second-order valence-corrected chi connectivity index (χ2v) is 3.80. The molecule has 5 nitrogen and oxygen atoms in total. The highest BCUT2D eigenvalue weighted by atomic mass is 19.1. The fourth-order valence-corrected chi connectivity index (χ4v) is 1.74. The molecule has 1 fully saturated rings. The quantitative estimate of drug-likeness (QED) is 0.718. The highest BCUT2D eigenvalue weighted by Gasteiger charge is 2.19. The van der Waals surface area contributed by atoms with Crippen LogP contribution in [-0.4, -0.2) is 27.6 Å². The summed E-state index contributed by atoms with van der Waals surface area (Å²) in [6.07, 6.45) is 0.938. The Morgan fingerprint density at radius 3 is 3.00 bits per heavy atom. The van der Waals surface area contributed by atoms with E-state index in [0.717, 1.165) is 13.0 Å². The van der Waals surface area contributed by atoms with Gasteiger partial charge < -0.3 is 4.74 Å². The van der Waals surface area contributed by atoms with E-state index in [1.807, 2.05) is 0 Å². The van der Waals surface area contributed by atoms with Crippen molar-refractivity contribution in [3.8, 4) is 0 Å². The summed E-state index contributed by atoms with van der Waals surface area (Å²) in [5.41, 5.74) is -0.255. The van der Waals surface area contributed by atoms with E-state index in [-0.39, 0.29) is 11.5 Å². The van der Waals surface area contributed by atoms with Crippen molar-refractivity contribution in [2.24, 2.45) is 13.0 Å². The molecule has 0 saturated carbocycles. The van der Waals surface area contributed by atoms with Gasteiger partial charge in [-0.2, -0.15) is 5.10 Å². The Morgan fingerprint density at radius 2 is 2.47 bits per heavy atom. The molecular weight excluding hydrogens is 201 g/mol. The molecule has 1 aromatic heterocycles. The van der Waals surface area contributed by atoms with Crippen molar-refractivity contribution >= 4 is 0 Å². The van der Waals surface area contributed by atoms with Crippen LogP contribution in [0.15, 0.2) is 4.79 Å². The van der Waals surface area contributed by atoms with Crippen LogP contribution in [0.1, 0.15) is 12.2 Å². The molecule has 0 bridgehead atoms. The van der Waals surface area contributed by atoms with Gasteiger partial charge in [-0.25, -0.2) is 13.9 Å². The van der Waals surface area contributed by atoms with Crippen molar-refractivity contribution in [1.82, 2.24) is 14.3 Å². The molecule has 15 heavy (non-hydrogen) atoms. The van der Waals surface area contributed by atoms with Crippen LogP contribution < -0.4 is 5.69 Å². The molecule has 1 aliphatic rings. The second-order valence-electron chi connectivity index (χ2n) is 3.80. The number of alkyl halides is 1. The van der Waals surface area contributed by atoms with Gasteiger partial charge in [0.2, 0.25) is 0 Å². The Labute approximate surface area is 86.5 Å². The van der Waals surface area contributed by atoms with Gasteiger partial charge in [-0.3, -0.25) is 4.57 Å². The third-order valence-corrected chi connectivity index (χ3v) is 2.71. The van der Waals surface area contributed by atoms with E-state index >= 15 is 0 Å². The summed E-state index contributed by atoms with van der Waals surface area (Å²) < 4.78 is 20.2. The van der Waals surface area contributed by atoms with Gasteiger partial charge in [0.25, 0.3) is 0 Å². The smallest absolute Gasteiger partial charge is 0.345 e. The van der Waals surface area contributed by atoms with E-state index in [1.165, 1.54) is 16.3 Å². The highest BCUT2D eigenvalue weighted by Crippen LogP contribution is 2.13. The molecule has 2 rings (SSSR count). The fourth-order valence-electron chi connectivity index (χ4n) is 1.74. The number of aromatic nitrogens is 3. The van der Waals surface area contributed by atoms with E-state index in [2.05, 4.69) is 5.10 Å². The third kappa shape index (κ3) is 1.94. The fraction of sp³-hybridized carbons (Fsp3) is 0.778. The lowest BCUT2D eigenvalue weighted by atomic mass is 10.1. The van der Waals surface area contributed by atoms with E-state index in [4.69, 9.17) is 4.74 Å². The van der Waals surface area contributed by atoms with Crippen LogP contribution in [0.3, 0.4) is 0 Å². The molecule has 0 N–H and O–H groups in total. The zero-order valence-corrected chi connectivity index (χ0v) is 8.65. The first kappa shape index (κ1) is 10.4. The summed E-state index contributed by atoms with van der Waals surface area (Å²) in [6.45, 7) is 1.21. The lowest BCUT2D eigenvalue weighted by Crippen LogP contribution is -2.26. The molecule has 1 atom stereocenters. The van der Waals surface area contributed by atoms with Crippen LogP contribution in [0.25, 0.3) is 0 Å². The first-order valence-electron chi connectivity index (χ1n) is 4.98. The number of hydrogen-bond acceptors (Lipinski definition) is 3. The number of ether oxygens (including phenoxy) is 1. The molecular formula is C9H14FN3O2. The van der Waals surface area contributed by atoms with Crippen LogP contribution in [0.2, 0.25) is 0 Å². The Hall–Kier alpha value is -1.17. The maximum Gasteiger partial charge on any atom is 0.345 e. The molecule has 2 heterocycles. The largest absolute Gasteiger partial charge is 0.381 e. The molecule has 1 saturated heterocycles. The lowest BCUT2D eigenvalue weighted by Gasteiger charge is -2.04. The Bertz CT molecular complexity index is 393. The van der Waals surface area contributed by atoms with Crippen molar-refractivity contribution in [3.63, 3.8) is 0 Å². The standard InChI is InChI=1S/C9H14FN3O2/c1-12-8(4-10)11-13(9(12)14)5-7-2-3-15-6-7/h7H,2-6H2,1H3. The highest BCUT2D eigenvalue weighted by molar-refractivity contribution is 4.84. The number of hydrogen-bond donors (Lipinski definition) is 0. The van der Waals surface area contributed by atoms with E-state index in [1.54, 1.807) is 0 Å². The van der Waals surface area contributed by atoms with Gasteiger partial charge in [-0.05, 0) is 6.42 Å². The van der Waals surface area contributed by atoms with Crippen molar-refractivity contribution in [1.29, 1.82) is 0 Å².